The second kappa shape index (κ2) is 9.70. The molecule has 4 aliphatic rings. The van der Waals surface area contributed by atoms with Gasteiger partial charge >= 0.3 is 0 Å². The molecule has 0 unspecified atom stereocenters. The lowest BCUT2D eigenvalue weighted by atomic mass is 9.96. The molecule has 0 bridgehead atoms. The molecule has 2 aromatic heterocycles. The van der Waals surface area contributed by atoms with E-state index in [4.69, 9.17) is 14.7 Å². The highest BCUT2D eigenvalue weighted by Gasteiger charge is 2.33. The number of anilines is 1. The Balaban J connectivity index is 1.29. The van der Waals surface area contributed by atoms with Crippen molar-refractivity contribution >= 4 is 33.3 Å². The molecule has 2 aromatic rings. The van der Waals surface area contributed by atoms with Gasteiger partial charge in [-0.05, 0) is 69.5 Å². The Kier molecular flexibility index (Phi) is 6.47. The molecule has 6 rings (SSSR count). The second-order valence-corrected chi connectivity index (χ2v) is 11.8. The number of aryl methyl sites for hydroxylation is 2. The lowest BCUT2D eigenvalue weighted by Gasteiger charge is -2.37. The van der Waals surface area contributed by atoms with Crippen molar-refractivity contribution in [2.75, 3.05) is 57.4 Å². The van der Waals surface area contributed by atoms with E-state index in [2.05, 4.69) is 16.7 Å². The smallest absolute Gasteiger partial charge is 0.227 e. The van der Waals surface area contributed by atoms with Gasteiger partial charge in [0.2, 0.25) is 5.91 Å². The molecule has 0 N–H and O–H groups in total. The van der Waals surface area contributed by atoms with Crippen LogP contribution in [0.25, 0.3) is 10.2 Å². The maximum Gasteiger partial charge on any atom is 0.227 e. The van der Waals surface area contributed by atoms with Crippen LogP contribution in [0.1, 0.15) is 55.3 Å². The standard InChI is InChI=1S/C26H37N5O2S/c1-18-7-10-29(11-8-18)17-22-27-24(23-20-5-2-6-21(20)34-25(23)28-22)31-9-3-4-19(16-31)26(32)30-12-14-33-15-13-30/h18-19H,2-17H2,1H3/t19-/m1/s1. The van der Waals surface area contributed by atoms with E-state index in [9.17, 15) is 4.79 Å². The summed E-state index contributed by atoms with van der Waals surface area (Å²) in [5.41, 5.74) is 1.48. The third kappa shape index (κ3) is 4.44. The molecule has 1 amide bonds. The molecule has 5 heterocycles. The zero-order valence-corrected chi connectivity index (χ0v) is 21.2. The molecule has 0 aromatic carbocycles. The number of piperidine rings is 2. The highest BCUT2D eigenvalue weighted by molar-refractivity contribution is 7.19. The second-order valence-electron chi connectivity index (χ2n) is 10.7. The van der Waals surface area contributed by atoms with Crippen molar-refractivity contribution < 1.29 is 9.53 Å². The van der Waals surface area contributed by atoms with Crippen molar-refractivity contribution in [3.8, 4) is 0 Å². The number of nitrogens with zero attached hydrogens (tertiary/aromatic N) is 5. The van der Waals surface area contributed by atoms with Crippen molar-refractivity contribution in [3.05, 3.63) is 16.3 Å². The summed E-state index contributed by atoms with van der Waals surface area (Å²) in [6.07, 6.45) is 8.09. The maximum atomic E-state index is 13.3. The Labute approximate surface area is 206 Å². The molecule has 1 atom stereocenters. The van der Waals surface area contributed by atoms with Gasteiger partial charge in [0.15, 0.2) is 0 Å². The lowest BCUT2D eigenvalue weighted by molar-refractivity contribution is -0.139. The number of likely N-dealkylation sites (tertiary alicyclic amines) is 1. The Hall–Kier alpha value is -1.77. The molecule has 0 saturated carbocycles. The summed E-state index contributed by atoms with van der Waals surface area (Å²) in [4.78, 5) is 33.2. The molecular formula is C26H37N5O2S. The molecule has 3 saturated heterocycles. The van der Waals surface area contributed by atoms with E-state index < -0.39 is 0 Å². The topological polar surface area (TPSA) is 61.8 Å². The number of thiophene rings is 1. The minimum Gasteiger partial charge on any atom is -0.378 e. The van der Waals surface area contributed by atoms with E-state index >= 15 is 0 Å². The number of ether oxygens (including phenoxy) is 1. The molecule has 7 nitrogen and oxygen atoms in total. The summed E-state index contributed by atoms with van der Waals surface area (Å²) in [5.74, 6) is 3.24. The monoisotopic (exact) mass is 483 g/mol. The number of carbonyl (C=O) groups excluding carboxylic acids is 1. The van der Waals surface area contributed by atoms with Crippen LogP contribution in [0, 0.1) is 11.8 Å². The van der Waals surface area contributed by atoms with Crippen LogP contribution in [0.5, 0.6) is 0 Å². The molecule has 1 aliphatic carbocycles. The van der Waals surface area contributed by atoms with Crippen LogP contribution < -0.4 is 4.90 Å². The van der Waals surface area contributed by atoms with Crippen molar-refractivity contribution in [1.82, 2.24) is 19.8 Å². The summed E-state index contributed by atoms with van der Waals surface area (Å²) < 4.78 is 5.47. The predicted molar refractivity (Wildman–Crippen MR) is 135 cm³/mol. The fourth-order valence-electron chi connectivity index (χ4n) is 6.15. The summed E-state index contributed by atoms with van der Waals surface area (Å²) in [6, 6.07) is 0. The molecule has 0 spiro atoms. The van der Waals surface area contributed by atoms with Crippen LogP contribution >= 0.6 is 11.3 Å². The van der Waals surface area contributed by atoms with Gasteiger partial charge in [-0.25, -0.2) is 9.97 Å². The van der Waals surface area contributed by atoms with Crippen molar-refractivity contribution in [3.63, 3.8) is 0 Å². The van der Waals surface area contributed by atoms with Crippen LogP contribution in [0.4, 0.5) is 5.82 Å². The Morgan fingerprint density at radius 2 is 1.85 bits per heavy atom. The molecule has 184 valence electrons. The van der Waals surface area contributed by atoms with Gasteiger partial charge in [-0.1, -0.05) is 6.92 Å². The first-order chi connectivity index (χ1) is 16.7. The molecule has 0 radical (unpaired) electrons. The normalized spacial score (nSPS) is 24.7. The van der Waals surface area contributed by atoms with Gasteiger partial charge in [-0.3, -0.25) is 9.69 Å². The molecule has 34 heavy (non-hydrogen) atoms. The van der Waals surface area contributed by atoms with Crippen molar-refractivity contribution in [1.29, 1.82) is 0 Å². The van der Waals surface area contributed by atoms with Gasteiger partial charge < -0.3 is 14.5 Å². The zero-order chi connectivity index (χ0) is 23.1. The lowest BCUT2D eigenvalue weighted by Crippen LogP contribution is -2.48. The van der Waals surface area contributed by atoms with Crippen LogP contribution in [0.2, 0.25) is 0 Å². The summed E-state index contributed by atoms with van der Waals surface area (Å²) >= 11 is 1.89. The number of morpholine rings is 1. The number of fused-ring (bicyclic) bond motifs is 3. The fourth-order valence-corrected chi connectivity index (χ4v) is 7.43. The van der Waals surface area contributed by atoms with E-state index in [1.54, 1.807) is 0 Å². The highest BCUT2D eigenvalue weighted by atomic mass is 32.1. The van der Waals surface area contributed by atoms with Crippen LogP contribution in [0.3, 0.4) is 0 Å². The third-order valence-electron chi connectivity index (χ3n) is 8.23. The van der Waals surface area contributed by atoms with E-state index in [0.717, 1.165) is 87.5 Å². The molecule has 3 fully saturated rings. The Morgan fingerprint density at radius 3 is 2.68 bits per heavy atom. The van der Waals surface area contributed by atoms with Gasteiger partial charge in [-0.15, -0.1) is 11.3 Å². The summed E-state index contributed by atoms with van der Waals surface area (Å²) in [6.45, 7) is 9.99. The van der Waals surface area contributed by atoms with E-state index in [1.165, 1.54) is 41.5 Å². The first kappa shape index (κ1) is 22.7. The van der Waals surface area contributed by atoms with Crippen molar-refractivity contribution in [2.45, 2.75) is 58.4 Å². The Morgan fingerprint density at radius 1 is 1.03 bits per heavy atom. The van der Waals surface area contributed by atoms with Crippen LogP contribution in [-0.4, -0.2) is 78.2 Å². The summed E-state index contributed by atoms with van der Waals surface area (Å²) in [5, 5.41) is 1.29. The number of rotatable bonds is 4. The maximum absolute atomic E-state index is 13.3. The number of hydrogen-bond acceptors (Lipinski definition) is 7. The third-order valence-corrected chi connectivity index (χ3v) is 9.41. The van der Waals surface area contributed by atoms with Gasteiger partial charge in [0, 0.05) is 31.1 Å². The number of carbonyl (C=O) groups is 1. The van der Waals surface area contributed by atoms with E-state index in [1.807, 2.05) is 16.2 Å². The van der Waals surface area contributed by atoms with Gasteiger partial charge in [0.05, 0.1) is 31.1 Å². The largest absolute Gasteiger partial charge is 0.378 e. The average Bonchev–Trinajstić information content (AvgIpc) is 3.46. The van der Waals surface area contributed by atoms with Gasteiger partial charge in [0.1, 0.15) is 16.5 Å². The predicted octanol–water partition coefficient (Wildman–Crippen LogP) is 3.49. The number of hydrogen-bond donors (Lipinski definition) is 0. The van der Waals surface area contributed by atoms with Gasteiger partial charge in [-0.2, -0.15) is 0 Å². The number of aromatic nitrogens is 2. The summed E-state index contributed by atoms with van der Waals surface area (Å²) in [7, 11) is 0. The molecule has 3 aliphatic heterocycles. The molecular weight excluding hydrogens is 446 g/mol. The van der Waals surface area contributed by atoms with Crippen molar-refractivity contribution in [2.24, 2.45) is 11.8 Å². The average molecular weight is 484 g/mol. The highest BCUT2D eigenvalue weighted by Crippen LogP contribution is 2.41. The minimum atomic E-state index is 0.0515. The van der Waals surface area contributed by atoms with E-state index in [-0.39, 0.29) is 5.92 Å². The SMILES string of the molecule is CC1CCN(Cc2nc(N3CCC[C@@H](C(=O)N4CCOCC4)C3)c3c4c(sc3n2)CCC4)CC1. The minimum absolute atomic E-state index is 0.0515. The van der Waals surface area contributed by atoms with E-state index in [0.29, 0.717) is 19.1 Å². The Bertz CT molecular complexity index is 1040. The first-order valence-electron chi connectivity index (χ1n) is 13.3. The number of amides is 1. The van der Waals surface area contributed by atoms with Gasteiger partial charge in [0.25, 0.3) is 0 Å². The van der Waals surface area contributed by atoms with Crippen LogP contribution in [-0.2, 0) is 28.9 Å². The zero-order valence-electron chi connectivity index (χ0n) is 20.4. The molecule has 8 heteroatoms. The fraction of sp³-hybridized carbons (Fsp3) is 0.731. The quantitative estimate of drug-likeness (QED) is 0.664. The first-order valence-corrected chi connectivity index (χ1v) is 14.1. The van der Waals surface area contributed by atoms with Crippen LogP contribution in [0.15, 0.2) is 0 Å².